The number of benzene rings is 7. The fraction of sp³-hybridized carbons (Fsp3) is 0.149. The molecule has 10 rings (SSSR count). The maximum absolute atomic E-state index is 2.47. The van der Waals surface area contributed by atoms with Crippen LogP contribution in [0.15, 0.2) is 219 Å². The SMILES string of the molecule is Cc1cc(CCc2cc(CCc3ccc(-c4cccc[n+]4C)c(C)c3)cc(-c3ccccc3-c3ccc(-c4cc(-c5ccc(-c6ccccc6)cc5)cc[n+]4C)c(C)c3)c2)ccc1-c1cccc[n+]1C. The van der Waals surface area contributed by atoms with Gasteiger partial charge in [-0.15, -0.1) is 0 Å². The van der Waals surface area contributed by atoms with Gasteiger partial charge in [-0.25, -0.2) is 13.7 Å². The van der Waals surface area contributed by atoms with Crippen LogP contribution in [0.3, 0.4) is 0 Å². The molecule has 0 aliphatic heterocycles. The van der Waals surface area contributed by atoms with E-state index in [1.165, 1.54) is 117 Å². The van der Waals surface area contributed by atoms with Crippen molar-refractivity contribution in [3.8, 4) is 78.3 Å². The first kappa shape index (κ1) is 45.8. The summed E-state index contributed by atoms with van der Waals surface area (Å²) in [6, 6.07) is 74.3. The van der Waals surface area contributed by atoms with E-state index in [9.17, 15) is 0 Å². The van der Waals surface area contributed by atoms with Crippen molar-refractivity contribution >= 4 is 0 Å². The average molecular weight is 909 g/mol. The molecule has 0 saturated heterocycles. The van der Waals surface area contributed by atoms with Gasteiger partial charge in [-0.1, -0.05) is 133 Å². The third-order valence-electron chi connectivity index (χ3n) is 14.2. The minimum atomic E-state index is 0.962. The lowest BCUT2D eigenvalue weighted by molar-refractivity contribution is -0.660. The van der Waals surface area contributed by atoms with Gasteiger partial charge in [-0.05, 0) is 160 Å². The second-order valence-electron chi connectivity index (χ2n) is 19.2. The minimum Gasteiger partial charge on any atom is -0.201 e. The van der Waals surface area contributed by atoms with E-state index in [4.69, 9.17) is 0 Å². The molecule has 70 heavy (non-hydrogen) atoms. The molecule has 342 valence electrons. The molecule has 3 nitrogen and oxygen atoms in total. The quantitative estimate of drug-likeness (QED) is 0.102. The molecule has 0 radical (unpaired) electrons. The predicted octanol–water partition coefficient (Wildman–Crippen LogP) is 14.3. The molecule has 0 fully saturated rings. The van der Waals surface area contributed by atoms with Crippen molar-refractivity contribution in [2.45, 2.75) is 46.5 Å². The summed E-state index contributed by atoms with van der Waals surface area (Å²) in [5.74, 6) is 0. The molecule has 0 amide bonds. The molecule has 7 aromatic carbocycles. The van der Waals surface area contributed by atoms with Crippen LogP contribution in [0.4, 0.5) is 0 Å². The number of nitrogens with zero attached hydrogens (tertiary/aromatic N) is 3. The van der Waals surface area contributed by atoms with Gasteiger partial charge in [0.05, 0.1) is 0 Å². The Labute approximate surface area is 415 Å². The standard InChI is InChI=1S/C67H62N3/c1-47-40-50(26-33-60(47)65-20-12-14-37-68(65)4)22-24-52-43-53(25-23-51-27-34-61(48(2)41-51)66-21-13-15-38-69(66)5)45-59(44-52)64-19-11-10-18-63(64)58-32-35-62(49(3)42-58)67-46-57(36-39-70(67)6)56-30-28-55(29-31-56)54-16-8-7-9-17-54/h7-21,26-46H,22-25H2,1-6H3/q+3. The van der Waals surface area contributed by atoms with E-state index in [-0.39, 0.29) is 0 Å². The second kappa shape index (κ2) is 20.3. The van der Waals surface area contributed by atoms with E-state index in [1.54, 1.807) is 0 Å². The number of pyridine rings is 3. The van der Waals surface area contributed by atoms with Gasteiger partial charge < -0.3 is 0 Å². The Morgan fingerprint density at radius 1 is 0.257 bits per heavy atom. The van der Waals surface area contributed by atoms with E-state index in [1.807, 2.05) is 0 Å². The van der Waals surface area contributed by atoms with E-state index in [0.717, 1.165) is 25.7 Å². The van der Waals surface area contributed by atoms with Gasteiger partial charge in [0.2, 0.25) is 17.1 Å². The van der Waals surface area contributed by atoms with Crippen LogP contribution in [0.1, 0.15) is 38.9 Å². The first-order valence-corrected chi connectivity index (χ1v) is 24.7. The van der Waals surface area contributed by atoms with Crippen molar-refractivity contribution in [1.82, 2.24) is 0 Å². The maximum Gasteiger partial charge on any atom is 0.213 e. The normalized spacial score (nSPS) is 11.2. The van der Waals surface area contributed by atoms with Crippen LogP contribution in [0.2, 0.25) is 0 Å². The largest absolute Gasteiger partial charge is 0.213 e. The molecular weight excluding hydrogens is 847 g/mol. The van der Waals surface area contributed by atoms with Crippen molar-refractivity contribution < 1.29 is 13.7 Å². The van der Waals surface area contributed by atoms with Crippen LogP contribution in [-0.4, -0.2) is 0 Å². The van der Waals surface area contributed by atoms with Crippen LogP contribution < -0.4 is 13.7 Å². The van der Waals surface area contributed by atoms with Crippen LogP contribution in [0.25, 0.3) is 78.3 Å². The van der Waals surface area contributed by atoms with Gasteiger partial charge in [0.15, 0.2) is 18.6 Å². The molecule has 0 bridgehead atoms. The summed E-state index contributed by atoms with van der Waals surface area (Å²) in [6.45, 7) is 6.74. The van der Waals surface area contributed by atoms with E-state index < -0.39 is 0 Å². The summed E-state index contributed by atoms with van der Waals surface area (Å²) in [6.07, 6.45) is 10.3. The van der Waals surface area contributed by atoms with Gasteiger partial charge in [-0.2, -0.15) is 0 Å². The van der Waals surface area contributed by atoms with Crippen molar-refractivity contribution in [3.05, 3.63) is 258 Å². The van der Waals surface area contributed by atoms with Crippen LogP contribution >= 0.6 is 0 Å². The fourth-order valence-electron chi connectivity index (χ4n) is 10.3. The molecule has 3 heteroatoms. The smallest absolute Gasteiger partial charge is 0.201 e. The highest BCUT2D eigenvalue weighted by Crippen LogP contribution is 2.37. The average Bonchev–Trinajstić information content (AvgIpc) is 3.38. The Morgan fingerprint density at radius 2 is 0.686 bits per heavy atom. The number of hydrogen-bond acceptors (Lipinski definition) is 0. The summed E-state index contributed by atoms with van der Waals surface area (Å²) in [5, 5.41) is 0. The Kier molecular flexibility index (Phi) is 13.3. The minimum absolute atomic E-state index is 0.962. The molecule has 0 atom stereocenters. The van der Waals surface area contributed by atoms with Crippen molar-refractivity contribution in [1.29, 1.82) is 0 Å². The molecule has 0 aliphatic carbocycles. The van der Waals surface area contributed by atoms with Gasteiger partial charge in [0.1, 0.15) is 21.1 Å². The summed E-state index contributed by atoms with van der Waals surface area (Å²) in [5.41, 5.74) is 26.7. The zero-order chi connectivity index (χ0) is 48.1. The van der Waals surface area contributed by atoms with E-state index >= 15 is 0 Å². The highest BCUT2D eigenvalue weighted by atomic mass is 14.9. The number of rotatable bonds is 13. The maximum atomic E-state index is 2.47. The lowest BCUT2D eigenvalue weighted by atomic mass is 9.89. The van der Waals surface area contributed by atoms with E-state index in [2.05, 4.69) is 274 Å². The molecule has 0 aliphatic rings. The monoisotopic (exact) mass is 908 g/mol. The van der Waals surface area contributed by atoms with Crippen molar-refractivity contribution in [2.75, 3.05) is 0 Å². The molecule has 0 saturated carbocycles. The Hall–Kier alpha value is -8.01. The van der Waals surface area contributed by atoms with Crippen LogP contribution in [-0.2, 0) is 46.8 Å². The summed E-state index contributed by atoms with van der Waals surface area (Å²) in [4.78, 5) is 0. The number of aryl methyl sites for hydroxylation is 10. The molecule has 0 unspecified atom stereocenters. The Bertz CT molecular complexity index is 3370. The van der Waals surface area contributed by atoms with Gasteiger partial charge in [0, 0.05) is 53.1 Å². The zero-order valence-electron chi connectivity index (χ0n) is 41.5. The van der Waals surface area contributed by atoms with Crippen molar-refractivity contribution in [2.24, 2.45) is 21.1 Å². The molecule has 3 heterocycles. The summed E-state index contributed by atoms with van der Waals surface area (Å²) < 4.78 is 6.64. The van der Waals surface area contributed by atoms with E-state index in [0.29, 0.717) is 0 Å². The Morgan fingerprint density at radius 3 is 1.23 bits per heavy atom. The number of aromatic nitrogens is 3. The van der Waals surface area contributed by atoms with Crippen LogP contribution in [0.5, 0.6) is 0 Å². The van der Waals surface area contributed by atoms with Crippen LogP contribution in [0, 0.1) is 20.8 Å². The zero-order valence-corrected chi connectivity index (χ0v) is 41.5. The summed E-state index contributed by atoms with van der Waals surface area (Å²) in [7, 11) is 6.39. The van der Waals surface area contributed by atoms with Gasteiger partial charge in [0.25, 0.3) is 0 Å². The third-order valence-corrected chi connectivity index (χ3v) is 14.2. The lowest BCUT2D eigenvalue weighted by Gasteiger charge is -2.16. The van der Waals surface area contributed by atoms with Crippen molar-refractivity contribution in [3.63, 3.8) is 0 Å². The first-order valence-electron chi connectivity index (χ1n) is 24.7. The van der Waals surface area contributed by atoms with Gasteiger partial charge in [-0.3, -0.25) is 0 Å². The molecule has 3 aromatic heterocycles. The molecular formula is C67H62N3+3. The predicted molar refractivity (Wildman–Crippen MR) is 290 cm³/mol. The molecule has 0 N–H and O–H groups in total. The molecule has 10 aromatic rings. The highest BCUT2D eigenvalue weighted by Gasteiger charge is 2.18. The summed E-state index contributed by atoms with van der Waals surface area (Å²) >= 11 is 0. The first-order chi connectivity index (χ1) is 34.1. The molecule has 0 spiro atoms. The highest BCUT2D eigenvalue weighted by molar-refractivity contribution is 5.85. The Balaban J connectivity index is 0.953. The van der Waals surface area contributed by atoms with Gasteiger partial charge >= 0.3 is 0 Å². The topological polar surface area (TPSA) is 11.6 Å². The second-order valence-corrected chi connectivity index (χ2v) is 19.2. The lowest BCUT2D eigenvalue weighted by Crippen LogP contribution is -2.30. The fourth-order valence-corrected chi connectivity index (χ4v) is 10.3. The number of hydrogen-bond donors (Lipinski definition) is 0. The third kappa shape index (κ3) is 9.93.